The van der Waals surface area contributed by atoms with Gasteiger partial charge in [-0.25, -0.2) is 19.3 Å². The van der Waals surface area contributed by atoms with Crippen LogP contribution in [0.3, 0.4) is 0 Å². The average Bonchev–Trinajstić information content (AvgIpc) is 2.68. The molecule has 3 aromatic rings. The van der Waals surface area contributed by atoms with E-state index in [0.29, 0.717) is 23.3 Å². The highest BCUT2D eigenvalue weighted by Gasteiger charge is 2.12. The van der Waals surface area contributed by atoms with E-state index in [0.717, 1.165) is 24.5 Å². The number of piperidine rings is 1. The van der Waals surface area contributed by atoms with Crippen LogP contribution in [0, 0.1) is 5.82 Å². The maximum Gasteiger partial charge on any atom is 0.149 e. The van der Waals surface area contributed by atoms with Crippen LogP contribution in [0.1, 0.15) is 24.8 Å². The highest BCUT2D eigenvalue weighted by molar-refractivity contribution is 5.89. The highest BCUT2D eigenvalue weighted by Crippen LogP contribution is 2.23. The van der Waals surface area contributed by atoms with E-state index in [4.69, 9.17) is 0 Å². The molecule has 0 spiro atoms. The SMILES string of the molecule is Fc1cccc2c(NCc3ccnc(N4CCCCC4)c3)ncnc12. The van der Waals surface area contributed by atoms with Crippen LogP contribution in [0.25, 0.3) is 10.9 Å². The molecule has 5 nitrogen and oxygen atoms in total. The lowest BCUT2D eigenvalue weighted by molar-refractivity contribution is 0.573. The Bertz CT molecular complexity index is 877. The number of anilines is 2. The zero-order chi connectivity index (χ0) is 17.1. The molecule has 0 unspecified atom stereocenters. The van der Waals surface area contributed by atoms with Crippen LogP contribution in [0.5, 0.6) is 0 Å². The summed E-state index contributed by atoms with van der Waals surface area (Å²) >= 11 is 0. The van der Waals surface area contributed by atoms with Gasteiger partial charge in [-0.1, -0.05) is 6.07 Å². The monoisotopic (exact) mass is 337 g/mol. The number of benzene rings is 1. The standard InChI is InChI=1S/C19H20FN5/c20-16-6-4-5-15-18(16)23-13-24-19(15)22-12-14-7-8-21-17(11-14)25-9-2-1-3-10-25/h4-8,11,13H,1-3,9-10,12H2,(H,22,23,24). The molecule has 0 atom stereocenters. The Morgan fingerprint density at radius 2 is 1.92 bits per heavy atom. The number of fused-ring (bicyclic) bond motifs is 1. The second-order valence-corrected chi connectivity index (χ2v) is 6.28. The molecule has 0 amide bonds. The van der Waals surface area contributed by atoms with Crippen molar-refractivity contribution in [1.29, 1.82) is 0 Å². The van der Waals surface area contributed by atoms with Gasteiger partial charge >= 0.3 is 0 Å². The predicted molar refractivity (Wildman–Crippen MR) is 97.1 cm³/mol. The van der Waals surface area contributed by atoms with Crippen molar-refractivity contribution in [3.63, 3.8) is 0 Å². The van der Waals surface area contributed by atoms with E-state index in [1.54, 1.807) is 6.07 Å². The normalized spacial score (nSPS) is 14.7. The van der Waals surface area contributed by atoms with Gasteiger partial charge in [0.2, 0.25) is 0 Å². The first kappa shape index (κ1) is 15.7. The summed E-state index contributed by atoms with van der Waals surface area (Å²) in [5, 5.41) is 3.99. The van der Waals surface area contributed by atoms with E-state index in [2.05, 4.69) is 31.2 Å². The van der Waals surface area contributed by atoms with Crippen LogP contribution < -0.4 is 10.2 Å². The molecule has 4 rings (SSSR count). The molecule has 1 aliphatic rings. The van der Waals surface area contributed by atoms with Gasteiger partial charge in [0, 0.05) is 31.2 Å². The van der Waals surface area contributed by atoms with E-state index in [1.807, 2.05) is 18.3 Å². The van der Waals surface area contributed by atoms with Crippen molar-refractivity contribution in [3.05, 3.63) is 54.2 Å². The summed E-state index contributed by atoms with van der Waals surface area (Å²) in [7, 11) is 0. The third-order valence-corrected chi connectivity index (χ3v) is 4.57. The minimum Gasteiger partial charge on any atom is -0.365 e. The lowest BCUT2D eigenvalue weighted by atomic mass is 10.1. The summed E-state index contributed by atoms with van der Waals surface area (Å²) in [5.41, 5.74) is 1.46. The number of para-hydroxylation sites is 1. The van der Waals surface area contributed by atoms with Crippen molar-refractivity contribution in [2.24, 2.45) is 0 Å². The molecular weight excluding hydrogens is 317 g/mol. The van der Waals surface area contributed by atoms with Crippen LogP contribution in [0.15, 0.2) is 42.9 Å². The number of nitrogens with one attached hydrogen (secondary N) is 1. The first-order valence-corrected chi connectivity index (χ1v) is 8.64. The van der Waals surface area contributed by atoms with Gasteiger partial charge in [0.25, 0.3) is 0 Å². The van der Waals surface area contributed by atoms with Gasteiger partial charge in [-0.05, 0) is 49.1 Å². The molecule has 0 aliphatic carbocycles. The number of rotatable bonds is 4. The molecule has 1 aliphatic heterocycles. The van der Waals surface area contributed by atoms with Crippen LogP contribution in [0.2, 0.25) is 0 Å². The van der Waals surface area contributed by atoms with Crippen molar-refractivity contribution < 1.29 is 4.39 Å². The Labute approximate surface area is 145 Å². The van der Waals surface area contributed by atoms with E-state index in [9.17, 15) is 4.39 Å². The van der Waals surface area contributed by atoms with Crippen LogP contribution in [-0.4, -0.2) is 28.0 Å². The zero-order valence-corrected chi connectivity index (χ0v) is 14.0. The van der Waals surface area contributed by atoms with Gasteiger partial charge in [0.05, 0.1) is 0 Å². The van der Waals surface area contributed by atoms with E-state index in [-0.39, 0.29) is 5.82 Å². The predicted octanol–water partition coefficient (Wildman–Crippen LogP) is 3.77. The number of hydrogen-bond acceptors (Lipinski definition) is 5. The highest BCUT2D eigenvalue weighted by atomic mass is 19.1. The van der Waals surface area contributed by atoms with Crippen LogP contribution in [-0.2, 0) is 6.54 Å². The van der Waals surface area contributed by atoms with E-state index < -0.39 is 0 Å². The van der Waals surface area contributed by atoms with Crippen molar-refractivity contribution in [2.75, 3.05) is 23.3 Å². The number of nitrogens with zero attached hydrogens (tertiary/aromatic N) is 4. The third kappa shape index (κ3) is 3.38. The first-order valence-electron chi connectivity index (χ1n) is 8.64. The molecule has 6 heteroatoms. The van der Waals surface area contributed by atoms with Crippen LogP contribution in [0.4, 0.5) is 16.0 Å². The zero-order valence-electron chi connectivity index (χ0n) is 14.0. The Morgan fingerprint density at radius 3 is 2.80 bits per heavy atom. The average molecular weight is 337 g/mol. The Kier molecular flexibility index (Phi) is 4.41. The third-order valence-electron chi connectivity index (χ3n) is 4.57. The fraction of sp³-hybridized carbons (Fsp3) is 0.316. The topological polar surface area (TPSA) is 53.9 Å². The number of pyridine rings is 1. The summed E-state index contributed by atoms with van der Waals surface area (Å²) < 4.78 is 13.9. The summed E-state index contributed by atoms with van der Waals surface area (Å²) in [4.78, 5) is 15.1. The molecule has 128 valence electrons. The van der Waals surface area contributed by atoms with Gasteiger partial charge in [-0.2, -0.15) is 0 Å². The number of aromatic nitrogens is 3. The largest absolute Gasteiger partial charge is 0.365 e. The fourth-order valence-corrected chi connectivity index (χ4v) is 3.24. The molecule has 1 aromatic carbocycles. The number of halogens is 1. The van der Waals surface area contributed by atoms with Crippen molar-refractivity contribution in [1.82, 2.24) is 15.0 Å². The fourth-order valence-electron chi connectivity index (χ4n) is 3.24. The summed E-state index contributed by atoms with van der Waals surface area (Å²) in [6.45, 7) is 2.74. The van der Waals surface area contributed by atoms with Gasteiger partial charge in [-0.3, -0.25) is 0 Å². The maximum absolute atomic E-state index is 13.9. The quantitative estimate of drug-likeness (QED) is 0.785. The second kappa shape index (κ2) is 7.01. The lowest BCUT2D eigenvalue weighted by Crippen LogP contribution is -2.30. The Hall–Kier alpha value is -2.76. The van der Waals surface area contributed by atoms with Gasteiger partial charge in [0.1, 0.15) is 29.3 Å². The molecule has 3 heterocycles. The van der Waals surface area contributed by atoms with Gasteiger partial charge < -0.3 is 10.2 Å². The maximum atomic E-state index is 13.9. The number of hydrogen-bond donors (Lipinski definition) is 1. The lowest BCUT2D eigenvalue weighted by Gasteiger charge is -2.27. The van der Waals surface area contributed by atoms with Crippen molar-refractivity contribution >= 4 is 22.5 Å². The van der Waals surface area contributed by atoms with E-state index in [1.165, 1.54) is 31.7 Å². The molecule has 0 saturated carbocycles. The van der Waals surface area contributed by atoms with Crippen molar-refractivity contribution in [3.8, 4) is 0 Å². The van der Waals surface area contributed by atoms with Gasteiger partial charge in [-0.15, -0.1) is 0 Å². The Morgan fingerprint density at radius 1 is 1.04 bits per heavy atom. The van der Waals surface area contributed by atoms with Crippen molar-refractivity contribution in [2.45, 2.75) is 25.8 Å². The second-order valence-electron chi connectivity index (χ2n) is 6.28. The molecular formula is C19H20FN5. The molecule has 25 heavy (non-hydrogen) atoms. The van der Waals surface area contributed by atoms with Gasteiger partial charge in [0.15, 0.2) is 0 Å². The molecule has 0 radical (unpaired) electrons. The molecule has 0 bridgehead atoms. The van der Waals surface area contributed by atoms with Crippen LogP contribution >= 0.6 is 0 Å². The molecule has 1 N–H and O–H groups in total. The summed E-state index contributed by atoms with van der Waals surface area (Å²) in [6.07, 6.45) is 6.98. The minimum absolute atomic E-state index is 0.334. The Balaban J connectivity index is 1.53. The minimum atomic E-state index is -0.334. The summed E-state index contributed by atoms with van der Waals surface area (Å²) in [6, 6.07) is 9.01. The molecule has 2 aromatic heterocycles. The first-order chi connectivity index (χ1) is 12.3. The molecule has 1 fully saturated rings. The van der Waals surface area contributed by atoms with E-state index >= 15 is 0 Å². The smallest absolute Gasteiger partial charge is 0.149 e. The summed E-state index contributed by atoms with van der Waals surface area (Å²) in [5.74, 6) is 1.33. The molecule has 1 saturated heterocycles.